The summed E-state index contributed by atoms with van der Waals surface area (Å²) in [6.07, 6.45) is 3.64. The van der Waals surface area contributed by atoms with Crippen LogP contribution in [0.1, 0.15) is 5.69 Å². The summed E-state index contributed by atoms with van der Waals surface area (Å²) in [6, 6.07) is 9.61. The molecular weight excluding hydrogens is 352 g/mol. The Morgan fingerprint density at radius 2 is 1.92 bits per heavy atom. The molecule has 1 aliphatic rings. The fraction of sp³-hybridized carbons (Fsp3) is 0.263. The van der Waals surface area contributed by atoms with Crippen LogP contribution in [0.25, 0.3) is 10.9 Å². The molecule has 4 rings (SSSR count). The summed E-state index contributed by atoms with van der Waals surface area (Å²) in [4.78, 5) is 23.1. The standard InChI is InChI=1S/C19H19ClN4O2/c20-14-1-2-17-16(11-14)19(26-13-25)18(22-17)12-23-7-9-24(10-8-23)15-3-5-21-6-4-15/h1-6,11,13,22H,7-10,12H2. The molecule has 1 aromatic carbocycles. The van der Waals surface area contributed by atoms with Crippen LogP contribution < -0.4 is 9.64 Å². The molecule has 3 heterocycles. The highest BCUT2D eigenvalue weighted by molar-refractivity contribution is 6.31. The van der Waals surface area contributed by atoms with Crippen LogP contribution in [-0.2, 0) is 11.3 Å². The number of hydrogen-bond acceptors (Lipinski definition) is 5. The predicted octanol–water partition coefficient (Wildman–Crippen LogP) is 3.07. The van der Waals surface area contributed by atoms with Crippen LogP contribution >= 0.6 is 11.6 Å². The Kier molecular flexibility index (Phi) is 4.77. The van der Waals surface area contributed by atoms with E-state index in [4.69, 9.17) is 16.3 Å². The number of ether oxygens (including phenoxy) is 1. The Bertz CT molecular complexity index is 905. The van der Waals surface area contributed by atoms with Crippen LogP contribution in [0.2, 0.25) is 5.02 Å². The SMILES string of the molecule is O=COc1c(CN2CCN(c3ccncc3)CC2)[nH]c2ccc(Cl)cc12. The van der Waals surface area contributed by atoms with Crippen molar-refractivity contribution in [3.63, 3.8) is 0 Å². The average molecular weight is 371 g/mol. The normalized spacial score (nSPS) is 15.3. The van der Waals surface area contributed by atoms with E-state index < -0.39 is 0 Å². The maximum Gasteiger partial charge on any atom is 0.298 e. The van der Waals surface area contributed by atoms with Gasteiger partial charge in [-0.3, -0.25) is 14.7 Å². The summed E-state index contributed by atoms with van der Waals surface area (Å²) in [5, 5.41) is 1.44. The molecule has 1 saturated heterocycles. The second-order valence-electron chi connectivity index (χ2n) is 6.31. The maximum absolute atomic E-state index is 11.0. The third-order valence-corrected chi connectivity index (χ3v) is 4.97. The summed E-state index contributed by atoms with van der Waals surface area (Å²) in [7, 11) is 0. The third-order valence-electron chi connectivity index (χ3n) is 4.73. The van der Waals surface area contributed by atoms with Gasteiger partial charge in [0.2, 0.25) is 0 Å². The van der Waals surface area contributed by atoms with E-state index in [1.165, 1.54) is 5.69 Å². The van der Waals surface area contributed by atoms with Gasteiger partial charge in [-0.05, 0) is 30.3 Å². The van der Waals surface area contributed by atoms with Crippen molar-refractivity contribution in [3.8, 4) is 5.75 Å². The predicted molar refractivity (Wildman–Crippen MR) is 102 cm³/mol. The summed E-state index contributed by atoms with van der Waals surface area (Å²) >= 11 is 6.09. The van der Waals surface area contributed by atoms with Gasteiger partial charge in [-0.25, -0.2) is 0 Å². The number of nitrogens with zero attached hydrogens (tertiary/aromatic N) is 3. The molecule has 0 bridgehead atoms. The second kappa shape index (κ2) is 7.35. The molecule has 6 nitrogen and oxygen atoms in total. The van der Waals surface area contributed by atoms with E-state index in [1.54, 1.807) is 0 Å². The molecule has 0 atom stereocenters. The molecule has 3 aromatic rings. The molecule has 1 aliphatic heterocycles. The number of hydrogen-bond donors (Lipinski definition) is 1. The molecule has 0 spiro atoms. The van der Waals surface area contributed by atoms with Crippen molar-refractivity contribution in [1.29, 1.82) is 0 Å². The van der Waals surface area contributed by atoms with Crippen LogP contribution in [0.3, 0.4) is 0 Å². The number of nitrogens with one attached hydrogen (secondary N) is 1. The number of rotatable bonds is 5. The minimum atomic E-state index is 0.467. The fourth-order valence-corrected chi connectivity index (χ4v) is 3.60. The Labute approximate surface area is 156 Å². The number of pyridine rings is 1. The monoisotopic (exact) mass is 370 g/mol. The number of aromatic nitrogens is 2. The number of carbonyl (C=O) groups is 1. The first-order valence-electron chi connectivity index (χ1n) is 8.52. The minimum absolute atomic E-state index is 0.467. The zero-order valence-electron chi connectivity index (χ0n) is 14.2. The molecule has 7 heteroatoms. The smallest absolute Gasteiger partial charge is 0.298 e. The summed E-state index contributed by atoms with van der Waals surface area (Å²) in [5.74, 6) is 0.564. The van der Waals surface area contributed by atoms with E-state index in [1.807, 2.05) is 42.7 Å². The fourth-order valence-electron chi connectivity index (χ4n) is 3.43. The molecule has 1 N–H and O–H groups in total. The minimum Gasteiger partial charge on any atom is -0.426 e. The third kappa shape index (κ3) is 3.38. The van der Waals surface area contributed by atoms with Gasteiger partial charge in [0.15, 0.2) is 5.75 Å². The van der Waals surface area contributed by atoms with Crippen LogP contribution in [0.5, 0.6) is 5.75 Å². The lowest BCUT2D eigenvalue weighted by Crippen LogP contribution is -2.46. The van der Waals surface area contributed by atoms with Crippen LogP contribution in [-0.4, -0.2) is 47.5 Å². The molecule has 0 unspecified atom stereocenters. The lowest BCUT2D eigenvalue weighted by molar-refractivity contribution is -0.120. The number of halogens is 1. The van der Waals surface area contributed by atoms with Crippen molar-refractivity contribution in [2.45, 2.75) is 6.54 Å². The quantitative estimate of drug-likeness (QED) is 0.699. The van der Waals surface area contributed by atoms with Gasteiger partial charge in [0, 0.05) is 66.7 Å². The van der Waals surface area contributed by atoms with Crippen LogP contribution in [0, 0.1) is 0 Å². The molecule has 26 heavy (non-hydrogen) atoms. The van der Waals surface area contributed by atoms with Crippen molar-refractivity contribution < 1.29 is 9.53 Å². The highest BCUT2D eigenvalue weighted by atomic mass is 35.5. The van der Waals surface area contributed by atoms with Gasteiger partial charge in [-0.15, -0.1) is 0 Å². The first kappa shape index (κ1) is 16.9. The molecule has 0 radical (unpaired) electrons. The first-order chi connectivity index (χ1) is 12.7. The number of carbonyl (C=O) groups excluding carboxylic acids is 1. The number of benzene rings is 1. The van der Waals surface area contributed by atoms with E-state index in [9.17, 15) is 4.79 Å². The van der Waals surface area contributed by atoms with Gasteiger partial charge in [-0.2, -0.15) is 0 Å². The van der Waals surface area contributed by atoms with Crippen LogP contribution in [0.15, 0.2) is 42.7 Å². The highest BCUT2D eigenvalue weighted by Gasteiger charge is 2.21. The van der Waals surface area contributed by atoms with E-state index in [0.29, 0.717) is 23.8 Å². The molecule has 2 aromatic heterocycles. The summed E-state index contributed by atoms with van der Waals surface area (Å²) < 4.78 is 5.26. The number of H-pyrrole nitrogens is 1. The van der Waals surface area contributed by atoms with Crippen LogP contribution in [0.4, 0.5) is 5.69 Å². The maximum atomic E-state index is 11.0. The first-order valence-corrected chi connectivity index (χ1v) is 8.90. The highest BCUT2D eigenvalue weighted by Crippen LogP contribution is 2.33. The Morgan fingerprint density at radius 3 is 2.65 bits per heavy atom. The van der Waals surface area contributed by atoms with E-state index in [2.05, 4.69) is 19.8 Å². The van der Waals surface area contributed by atoms with Gasteiger partial charge in [0.25, 0.3) is 6.47 Å². The zero-order chi connectivity index (χ0) is 17.9. The van der Waals surface area contributed by atoms with Gasteiger partial charge < -0.3 is 14.6 Å². The molecule has 134 valence electrons. The Hall–Kier alpha value is -2.57. The van der Waals surface area contributed by atoms with E-state index in [-0.39, 0.29) is 0 Å². The number of fused-ring (bicyclic) bond motifs is 1. The topological polar surface area (TPSA) is 61.5 Å². The Balaban J connectivity index is 1.49. The van der Waals surface area contributed by atoms with Gasteiger partial charge in [-0.1, -0.05) is 11.6 Å². The second-order valence-corrected chi connectivity index (χ2v) is 6.74. The van der Waals surface area contributed by atoms with E-state index in [0.717, 1.165) is 42.8 Å². The summed E-state index contributed by atoms with van der Waals surface area (Å²) in [6.45, 7) is 4.91. The van der Waals surface area contributed by atoms with Gasteiger partial charge in [0.1, 0.15) is 0 Å². The lowest BCUT2D eigenvalue weighted by Gasteiger charge is -2.35. The largest absolute Gasteiger partial charge is 0.426 e. The Morgan fingerprint density at radius 1 is 1.15 bits per heavy atom. The molecular formula is C19H19ClN4O2. The van der Waals surface area contributed by atoms with Crippen molar-refractivity contribution in [1.82, 2.24) is 14.9 Å². The average Bonchev–Trinajstić information content (AvgIpc) is 3.00. The number of aromatic amines is 1. The number of piperazine rings is 1. The molecule has 0 aliphatic carbocycles. The summed E-state index contributed by atoms with van der Waals surface area (Å²) in [5.41, 5.74) is 3.01. The van der Waals surface area contributed by atoms with Crippen molar-refractivity contribution >= 4 is 34.7 Å². The van der Waals surface area contributed by atoms with Gasteiger partial charge >= 0.3 is 0 Å². The van der Waals surface area contributed by atoms with Crippen molar-refractivity contribution in [3.05, 3.63) is 53.4 Å². The zero-order valence-corrected chi connectivity index (χ0v) is 14.9. The molecule has 0 amide bonds. The van der Waals surface area contributed by atoms with Crippen molar-refractivity contribution in [2.75, 3.05) is 31.1 Å². The molecule has 1 fully saturated rings. The lowest BCUT2D eigenvalue weighted by atomic mass is 10.2. The number of anilines is 1. The van der Waals surface area contributed by atoms with Gasteiger partial charge in [0.05, 0.1) is 5.69 Å². The van der Waals surface area contributed by atoms with Crippen molar-refractivity contribution in [2.24, 2.45) is 0 Å². The molecule has 0 saturated carbocycles. The van der Waals surface area contributed by atoms with E-state index >= 15 is 0 Å².